The molecule has 17 heavy (non-hydrogen) atoms. The summed E-state index contributed by atoms with van der Waals surface area (Å²) in [4.78, 5) is 19.8. The number of nitrogen functional groups attached to an aromatic ring is 1. The number of carbonyl (C=O) groups excluding carboxylic acids is 1. The number of amides is 1. The van der Waals surface area contributed by atoms with Gasteiger partial charge in [0.2, 0.25) is 5.91 Å². The Kier molecular flexibility index (Phi) is 3.24. The van der Waals surface area contributed by atoms with E-state index >= 15 is 0 Å². The van der Waals surface area contributed by atoms with Crippen LogP contribution in [-0.4, -0.2) is 15.9 Å². The first-order chi connectivity index (χ1) is 8.16. The lowest BCUT2D eigenvalue weighted by Gasteiger charge is -2.03. The van der Waals surface area contributed by atoms with Crippen molar-refractivity contribution in [1.29, 1.82) is 0 Å². The van der Waals surface area contributed by atoms with Gasteiger partial charge in [-0.1, -0.05) is 11.8 Å². The van der Waals surface area contributed by atoms with Gasteiger partial charge in [0.15, 0.2) is 0 Å². The van der Waals surface area contributed by atoms with Gasteiger partial charge in [0, 0.05) is 17.3 Å². The van der Waals surface area contributed by atoms with Gasteiger partial charge in [-0.05, 0) is 18.2 Å². The SMILES string of the molecule is NC(=O)c1ccc(Sc2ccncc2N)nc1. The van der Waals surface area contributed by atoms with E-state index < -0.39 is 5.91 Å². The lowest BCUT2D eigenvalue weighted by atomic mass is 10.3. The zero-order chi connectivity index (χ0) is 12.3. The molecule has 2 aromatic heterocycles. The number of pyridine rings is 2. The molecule has 0 saturated heterocycles. The second kappa shape index (κ2) is 4.84. The van der Waals surface area contributed by atoms with Crippen molar-refractivity contribution in [2.24, 2.45) is 5.73 Å². The Balaban J connectivity index is 2.20. The Morgan fingerprint density at radius 1 is 1.24 bits per heavy atom. The van der Waals surface area contributed by atoms with Crippen molar-refractivity contribution in [3.8, 4) is 0 Å². The van der Waals surface area contributed by atoms with Crippen molar-refractivity contribution in [2.45, 2.75) is 9.92 Å². The predicted molar refractivity (Wildman–Crippen MR) is 65.5 cm³/mol. The minimum atomic E-state index is -0.488. The van der Waals surface area contributed by atoms with E-state index in [0.29, 0.717) is 11.3 Å². The van der Waals surface area contributed by atoms with Crippen LogP contribution in [-0.2, 0) is 0 Å². The highest BCUT2D eigenvalue weighted by atomic mass is 32.2. The Labute approximate surface area is 102 Å². The molecule has 0 atom stereocenters. The van der Waals surface area contributed by atoms with Crippen molar-refractivity contribution in [3.05, 3.63) is 42.4 Å². The molecular weight excluding hydrogens is 236 g/mol. The van der Waals surface area contributed by atoms with Crippen LogP contribution in [0.25, 0.3) is 0 Å². The summed E-state index contributed by atoms with van der Waals surface area (Å²) in [5.74, 6) is -0.488. The standard InChI is InChI=1S/C11H10N4OS/c12-8-6-14-4-3-9(8)17-10-2-1-7(5-15-10)11(13)16/h1-6H,12H2,(H2,13,16). The molecule has 0 spiro atoms. The lowest BCUT2D eigenvalue weighted by Crippen LogP contribution is -2.10. The number of nitrogens with two attached hydrogens (primary N) is 2. The van der Waals surface area contributed by atoms with E-state index in [0.717, 1.165) is 9.92 Å². The Hall–Kier alpha value is -2.08. The Bertz CT molecular complexity index is 541. The number of primary amides is 1. The molecule has 5 nitrogen and oxygen atoms in total. The lowest BCUT2D eigenvalue weighted by molar-refractivity contribution is 0.1000. The quantitative estimate of drug-likeness (QED) is 0.851. The highest BCUT2D eigenvalue weighted by molar-refractivity contribution is 7.99. The first-order valence-corrected chi connectivity index (χ1v) is 5.61. The van der Waals surface area contributed by atoms with Crippen LogP contribution in [0.5, 0.6) is 0 Å². The van der Waals surface area contributed by atoms with Gasteiger partial charge in [0.1, 0.15) is 5.03 Å². The molecular formula is C11H10N4OS. The minimum Gasteiger partial charge on any atom is -0.397 e. The Morgan fingerprint density at radius 3 is 2.65 bits per heavy atom. The number of aromatic nitrogens is 2. The molecule has 0 aliphatic heterocycles. The molecule has 4 N–H and O–H groups in total. The molecule has 0 saturated carbocycles. The molecule has 86 valence electrons. The molecule has 0 fully saturated rings. The van der Waals surface area contributed by atoms with Crippen molar-refractivity contribution >= 4 is 23.4 Å². The summed E-state index contributed by atoms with van der Waals surface area (Å²) in [6.45, 7) is 0. The molecule has 0 aromatic carbocycles. The normalized spacial score (nSPS) is 10.1. The summed E-state index contributed by atoms with van der Waals surface area (Å²) in [5, 5.41) is 0.743. The van der Waals surface area contributed by atoms with Crippen LogP contribution in [0.15, 0.2) is 46.7 Å². The van der Waals surface area contributed by atoms with E-state index in [2.05, 4.69) is 9.97 Å². The van der Waals surface area contributed by atoms with E-state index in [1.165, 1.54) is 18.0 Å². The summed E-state index contributed by atoms with van der Waals surface area (Å²) in [7, 11) is 0. The molecule has 0 aliphatic carbocycles. The van der Waals surface area contributed by atoms with Gasteiger partial charge in [-0.3, -0.25) is 9.78 Å². The summed E-state index contributed by atoms with van der Waals surface area (Å²) < 4.78 is 0. The van der Waals surface area contributed by atoms with Gasteiger partial charge in [-0.2, -0.15) is 0 Å². The highest BCUT2D eigenvalue weighted by Crippen LogP contribution is 2.29. The predicted octanol–water partition coefficient (Wildman–Crippen LogP) is 1.31. The maximum atomic E-state index is 10.9. The summed E-state index contributed by atoms with van der Waals surface area (Å²) in [6, 6.07) is 5.17. The van der Waals surface area contributed by atoms with Gasteiger partial charge in [-0.25, -0.2) is 4.98 Å². The van der Waals surface area contributed by atoms with Crippen LogP contribution in [0, 0.1) is 0 Å². The summed E-state index contributed by atoms with van der Waals surface area (Å²) >= 11 is 1.41. The third-order valence-electron chi connectivity index (χ3n) is 2.05. The second-order valence-electron chi connectivity index (χ2n) is 3.26. The number of carbonyl (C=O) groups is 1. The number of hydrogen-bond acceptors (Lipinski definition) is 5. The van der Waals surface area contributed by atoms with E-state index in [1.54, 1.807) is 24.5 Å². The zero-order valence-electron chi connectivity index (χ0n) is 8.83. The van der Waals surface area contributed by atoms with Gasteiger partial charge < -0.3 is 11.5 Å². The van der Waals surface area contributed by atoms with Crippen LogP contribution in [0.4, 0.5) is 5.69 Å². The fourth-order valence-corrected chi connectivity index (χ4v) is 1.95. The fourth-order valence-electron chi connectivity index (χ4n) is 1.19. The van der Waals surface area contributed by atoms with Crippen LogP contribution in [0.1, 0.15) is 10.4 Å². The summed E-state index contributed by atoms with van der Waals surface area (Å²) in [5.41, 5.74) is 11.9. The van der Waals surface area contributed by atoms with Gasteiger partial charge in [-0.15, -0.1) is 0 Å². The topological polar surface area (TPSA) is 94.9 Å². The average Bonchev–Trinajstić information content (AvgIpc) is 2.33. The monoisotopic (exact) mass is 246 g/mol. The maximum Gasteiger partial charge on any atom is 0.250 e. The third-order valence-corrected chi connectivity index (χ3v) is 3.09. The number of anilines is 1. The van der Waals surface area contributed by atoms with E-state index in [-0.39, 0.29) is 0 Å². The molecule has 0 radical (unpaired) electrons. The molecule has 1 amide bonds. The zero-order valence-corrected chi connectivity index (χ0v) is 9.65. The first-order valence-electron chi connectivity index (χ1n) is 4.80. The van der Waals surface area contributed by atoms with Crippen molar-refractivity contribution in [2.75, 3.05) is 5.73 Å². The fraction of sp³-hybridized carbons (Fsp3) is 0. The van der Waals surface area contributed by atoms with E-state index in [9.17, 15) is 4.79 Å². The molecule has 0 bridgehead atoms. The van der Waals surface area contributed by atoms with Crippen molar-refractivity contribution < 1.29 is 4.79 Å². The van der Waals surface area contributed by atoms with Gasteiger partial charge in [0.25, 0.3) is 0 Å². The van der Waals surface area contributed by atoms with Crippen LogP contribution in [0.3, 0.4) is 0 Å². The smallest absolute Gasteiger partial charge is 0.250 e. The van der Waals surface area contributed by atoms with Gasteiger partial charge in [0.05, 0.1) is 17.4 Å². The number of hydrogen-bond donors (Lipinski definition) is 2. The third kappa shape index (κ3) is 2.73. The largest absolute Gasteiger partial charge is 0.397 e. The van der Waals surface area contributed by atoms with Gasteiger partial charge >= 0.3 is 0 Å². The number of nitrogens with zero attached hydrogens (tertiary/aromatic N) is 2. The van der Waals surface area contributed by atoms with Crippen molar-refractivity contribution in [3.63, 3.8) is 0 Å². The van der Waals surface area contributed by atoms with E-state index in [1.807, 2.05) is 6.07 Å². The van der Waals surface area contributed by atoms with E-state index in [4.69, 9.17) is 11.5 Å². The van der Waals surface area contributed by atoms with Crippen molar-refractivity contribution in [1.82, 2.24) is 9.97 Å². The first kappa shape index (κ1) is 11.4. The van der Waals surface area contributed by atoms with Crippen LogP contribution < -0.4 is 11.5 Å². The maximum absolute atomic E-state index is 10.9. The second-order valence-corrected chi connectivity index (χ2v) is 4.33. The molecule has 2 rings (SSSR count). The Morgan fingerprint density at radius 2 is 2.06 bits per heavy atom. The number of rotatable bonds is 3. The average molecular weight is 246 g/mol. The highest BCUT2D eigenvalue weighted by Gasteiger charge is 2.04. The molecule has 2 heterocycles. The molecule has 0 aliphatic rings. The summed E-state index contributed by atoms with van der Waals surface area (Å²) in [6.07, 6.45) is 4.69. The van der Waals surface area contributed by atoms with Crippen LogP contribution >= 0.6 is 11.8 Å². The molecule has 2 aromatic rings. The van der Waals surface area contributed by atoms with Crippen LogP contribution in [0.2, 0.25) is 0 Å². The minimum absolute atomic E-state index is 0.386. The molecule has 0 unspecified atom stereocenters. The molecule has 6 heteroatoms.